The average molecular weight is 270 g/mol. The first-order valence-corrected chi connectivity index (χ1v) is 6.61. The first-order valence-electron chi connectivity index (χ1n) is 6.61. The Kier molecular flexibility index (Phi) is 4.71. The monoisotopic (exact) mass is 270 g/mol. The lowest BCUT2D eigenvalue weighted by Crippen LogP contribution is -2.44. The Morgan fingerprint density at radius 2 is 2.00 bits per heavy atom. The lowest BCUT2D eigenvalue weighted by atomic mass is 10.0. The second-order valence-corrected chi connectivity index (χ2v) is 4.99. The molecule has 5 heteroatoms. The van der Waals surface area contributed by atoms with Crippen molar-refractivity contribution < 1.29 is 13.9 Å². The number of hydrogen-bond donors (Lipinski definition) is 2. The number of benzene rings is 1. The Morgan fingerprint density at radius 1 is 1.32 bits per heavy atom. The smallest absolute Gasteiger partial charge is 0.267 e. The van der Waals surface area contributed by atoms with Crippen LogP contribution in [0.5, 0.6) is 5.75 Å². The highest BCUT2D eigenvalue weighted by Crippen LogP contribution is 2.32. The number of aromatic hydroxyl groups is 1. The Bertz CT molecular complexity index is 432. The van der Waals surface area contributed by atoms with Crippen LogP contribution >= 0.6 is 0 Å². The highest BCUT2D eigenvalue weighted by molar-refractivity contribution is 5.43. The molecule has 1 heterocycles. The minimum Gasteiger partial charge on any atom is -0.507 e. The third kappa shape index (κ3) is 3.64. The van der Waals surface area contributed by atoms with Gasteiger partial charge in [-0.25, -0.2) is 8.78 Å². The zero-order chi connectivity index (χ0) is 13.8. The number of nitrogens with one attached hydrogen (secondary N) is 1. The molecular formula is C14H20F2N2O. The molecule has 0 radical (unpaired) electrons. The number of phenols is 1. The molecule has 0 amide bonds. The quantitative estimate of drug-likeness (QED) is 0.879. The topological polar surface area (TPSA) is 35.5 Å². The third-order valence-corrected chi connectivity index (χ3v) is 3.55. The molecular weight excluding hydrogens is 250 g/mol. The van der Waals surface area contributed by atoms with E-state index < -0.39 is 6.43 Å². The zero-order valence-corrected chi connectivity index (χ0v) is 11.1. The molecule has 106 valence electrons. The van der Waals surface area contributed by atoms with E-state index in [1.807, 2.05) is 0 Å². The van der Waals surface area contributed by atoms with Crippen molar-refractivity contribution in [3.63, 3.8) is 0 Å². The van der Waals surface area contributed by atoms with Crippen molar-refractivity contribution in [2.24, 2.45) is 0 Å². The summed E-state index contributed by atoms with van der Waals surface area (Å²) in [6.07, 6.45) is -1.89. The van der Waals surface area contributed by atoms with Crippen molar-refractivity contribution in [3.8, 4) is 5.75 Å². The molecule has 1 aromatic carbocycles. The van der Waals surface area contributed by atoms with E-state index in [-0.39, 0.29) is 11.3 Å². The van der Waals surface area contributed by atoms with Gasteiger partial charge in [0, 0.05) is 32.7 Å². The third-order valence-electron chi connectivity index (χ3n) is 3.55. The van der Waals surface area contributed by atoms with E-state index in [1.54, 1.807) is 13.0 Å². The summed E-state index contributed by atoms with van der Waals surface area (Å²) in [5.74, 6) is -0.277. The molecule has 1 aliphatic rings. The van der Waals surface area contributed by atoms with E-state index in [4.69, 9.17) is 0 Å². The minimum absolute atomic E-state index is 0.254. The molecule has 0 spiro atoms. The van der Waals surface area contributed by atoms with Crippen molar-refractivity contribution in [1.29, 1.82) is 0 Å². The summed E-state index contributed by atoms with van der Waals surface area (Å²) in [5.41, 5.74) is 1.13. The van der Waals surface area contributed by atoms with Crippen LogP contribution in [-0.4, -0.2) is 42.7 Å². The lowest BCUT2D eigenvalue weighted by molar-refractivity contribution is 0.147. The molecule has 0 aliphatic carbocycles. The van der Waals surface area contributed by atoms with Crippen molar-refractivity contribution >= 4 is 0 Å². The Morgan fingerprint density at radius 3 is 2.63 bits per heavy atom. The van der Waals surface area contributed by atoms with E-state index >= 15 is 0 Å². The van der Waals surface area contributed by atoms with Gasteiger partial charge >= 0.3 is 0 Å². The second-order valence-electron chi connectivity index (χ2n) is 4.99. The Hall–Kier alpha value is -1.20. The van der Waals surface area contributed by atoms with E-state index in [0.29, 0.717) is 5.56 Å². The number of piperazine rings is 1. The number of nitrogens with zero attached hydrogens (tertiary/aromatic N) is 1. The predicted octanol–water partition coefficient (Wildman–Crippen LogP) is 2.09. The molecule has 2 N–H and O–H groups in total. The fourth-order valence-electron chi connectivity index (χ4n) is 2.42. The van der Waals surface area contributed by atoms with Crippen LogP contribution in [0.2, 0.25) is 0 Å². The highest BCUT2D eigenvalue weighted by Gasteiger charge is 2.16. The molecule has 1 saturated heterocycles. The first kappa shape index (κ1) is 14.2. The van der Waals surface area contributed by atoms with E-state index in [2.05, 4.69) is 10.2 Å². The van der Waals surface area contributed by atoms with Gasteiger partial charge in [-0.05, 0) is 30.5 Å². The molecule has 1 aromatic rings. The summed E-state index contributed by atoms with van der Waals surface area (Å²) < 4.78 is 25.6. The van der Waals surface area contributed by atoms with Crippen LogP contribution in [0.15, 0.2) is 12.1 Å². The molecule has 1 fully saturated rings. The normalized spacial score (nSPS) is 17.1. The van der Waals surface area contributed by atoms with E-state index in [0.717, 1.165) is 44.7 Å². The summed E-state index contributed by atoms with van der Waals surface area (Å²) in [6.45, 7) is 6.50. The van der Waals surface area contributed by atoms with E-state index in [9.17, 15) is 13.9 Å². The van der Waals surface area contributed by atoms with Gasteiger partial charge < -0.3 is 15.3 Å². The van der Waals surface area contributed by atoms with Crippen LogP contribution in [0, 0.1) is 6.92 Å². The molecule has 0 bridgehead atoms. The largest absolute Gasteiger partial charge is 0.507 e. The number of hydrogen-bond acceptors (Lipinski definition) is 3. The van der Waals surface area contributed by atoms with Crippen LogP contribution in [0.1, 0.15) is 23.1 Å². The number of aryl methyl sites for hydroxylation is 1. The highest BCUT2D eigenvalue weighted by atomic mass is 19.3. The standard InChI is InChI=1S/C14H20F2N2O/c1-10-8-11(9-12(13(10)19)14(15)16)2-5-18-6-3-17-4-7-18/h8-9,14,17,19H,2-7H2,1H3. The molecule has 0 saturated carbocycles. The zero-order valence-electron chi connectivity index (χ0n) is 11.1. The first-order chi connectivity index (χ1) is 9.08. The Labute approximate surface area is 112 Å². The summed E-state index contributed by atoms with van der Waals surface area (Å²) >= 11 is 0. The maximum atomic E-state index is 12.8. The summed E-state index contributed by atoms with van der Waals surface area (Å²) in [5, 5.41) is 12.9. The van der Waals surface area contributed by atoms with E-state index in [1.165, 1.54) is 6.07 Å². The molecule has 0 aromatic heterocycles. The summed E-state index contributed by atoms with van der Waals surface area (Å²) in [7, 11) is 0. The number of rotatable bonds is 4. The molecule has 0 unspecified atom stereocenters. The van der Waals surface area contributed by atoms with Gasteiger partial charge in [-0.1, -0.05) is 6.07 Å². The van der Waals surface area contributed by atoms with Gasteiger partial charge in [-0.3, -0.25) is 0 Å². The van der Waals surface area contributed by atoms with Crippen LogP contribution in [0.3, 0.4) is 0 Å². The van der Waals surface area contributed by atoms with Crippen LogP contribution in [0.25, 0.3) is 0 Å². The van der Waals surface area contributed by atoms with Crippen LogP contribution in [0.4, 0.5) is 8.78 Å². The van der Waals surface area contributed by atoms with Gasteiger partial charge in [-0.2, -0.15) is 0 Å². The van der Waals surface area contributed by atoms with Crippen LogP contribution < -0.4 is 5.32 Å². The fraction of sp³-hybridized carbons (Fsp3) is 0.571. The van der Waals surface area contributed by atoms with Gasteiger partial charge in [0.2, 0.25) is 0 Å². The second kappa shape index (κ2) is 6.30. The van der Waals surface area contributed by atoms with Crippen molar-refractivity contribution in [2.75, 3.05) is 32.7 Å². The van der Waals surface area contributed by atoms with Gasteiger partial charge in [0.15, 0.2) is 0 Å². The van der Waals surface area contributed by atoms with Gasteiger partial charge in [-0.15, -0.1) is 0 Å². The lowest BCUT2D eigenvalue weighted by Gasteiger charge is -2.27. The van der Waals surface area contributed by atoms with Gasteiger partial charge in [0.05, 0.1) is 5.56 Å². The van der Waals surface area contributed by atoms with Gasteiger partial charge in [0.1, 0.15) is 5.75 Å². The molecule has 3 nitrogen and oxygen atoms in total. The number of halogens is 2. The number of alkyl halides is 2. The minimum atomic E-state index is -2.63. The molecule has 19 heavy (non-hydrogen) atoms. The van der Waals surface area contributed by atoms with Crippen LogP contribution in [-0.2, 0) is 6.42 Å². The van der Waals surface area contributed by atoms with Crippen molar-refractivity contribution in [1.82, 2.24) is 10.2 Å². The summed E-state index contributed by atoms with van der Waals surface area (Å²) in [4.78, 5) is 2.32. The SMILES string of the molecule is Cc1cc(CCN2CCNCC2)cc(C(F)F)c1O. The average Bonchev–Trinajstić information content (AvgIpc) is 2.41. The fourth-order valence-corrected chi connectivity index (χ4v) is 2.42. The van der Waals surface area contributed by atoms with Gasteiger partial charge in [0.25, 0.3) is 6.43 Å². The molecule has 0 atom stereocenters. The Balaban J connectivity index is 2.03. The van der Waals surface area contributed by atoms with Crippen molar-refractivity contribution in [3.05, 3.63) is 28.8 Å². The molecule has 1 aliphatic heterocycles. The predicted molar refractivity (Wildman–Crippen MR) is 70.8 cm³/mol. The van der Waals surface area contributed by atoms with Crippen molar-refractivity contribution in [2.45, 2.75) is 19.8 Å². The molecule has 2 rings (SSSR count). The maximum Gasteiger partial charge on any atom is 0.267 e. The summed E-state index contributed by atoms with van der Waals surface area (Å²) in [6, 6.07) is 3.22. The number of phenolic OH excluding ortho intramolecular Hbond substituents is 1. The maximum absolute atomic E-state index is 12.8.